The molecule has 346 valence electrons. The van der Waals surface area contributed by atoms with Gasteiger partial charge in [0.1, 0.15) is 12.0 Å². The lowest BCUT2D eigenvalue weighted by Gasteiger charge is -2.40. The number of aliphatic imine (C=N–C) groups is 3. The van der Waals surface area contributed by atoms with E-state index < -0.39 is 0 Å². The molecule has 0 saturated heterocycles. The van der Waals surface area contributed by atoms with Crippen LogP contribution in [-0.4, -0.2) is 17.3 Å². The average Bonchev–Trinajstić information content (AvgIpc) is 3.68. The summed E-state index contributed by atoms with van der Waals surface area (Å²) in [6.45, 7) is 6.89. The summed E-state index contributed by atoms with van der Waals surface area (Å²) in [4.78, 5) is 16.6. The molecule has 5 atom stereocenters. The molecule has 2 heterocycles. The Labute approximate surface area is 419 Å². The minimum absolute atomic E-state index is 0.109. The monoisotopic (exact) mass is 918 g/mol. The molecule has 8 aromatic rings. The summed E-state index contributed by atoms with van der Waals surface area (Å²) >= 11 is 0. The van der Waals surface area contributed by atoms with Crippen molar-refractivity contribution in [2.75, 3.05) is 0 Å². The first-order valence-corrected chi connectivity index (χ1v) is 25.1. The van der Waals surface area contributed by atoms with Gasteiger partial charge in [-0.15, -0.1) is 0 Å². The summed E-state index contributed by atoms with van der Waals surface area (Å²) in [5, 5.41) is 3.90. The van der Waals surface area contributed by atoms with Crippen LogP contribution in [0.5, 0.6) is 0 Å². The van der Waals surface area contributed by atoms with E-state index in [0.29, 0.717) is 12.3 Å². The Balaban J connectivity index is 0.952. The number of nitrogens with one attached hydrogen (secondary N) is 1. The van der Waals surface area contributed by atoms with E-state index in [1.807, 2.05) is 0 Å². The molecule has 2 aliphatic heterocycles. The highest BCUT2D eigenvalue weighted by Crippen LogP contribution is 2.47. The highest BCUT2D eigenvalue weighted by atomic mass is 15.1. The zero-order valence-electron chi connectivity index (χ0n) is 40.7. The molecule has 0 spiro atoms. The van der Waals surface area contributed by atoms with Gasteiger partial charge in [0.15, 0.2) is 0 Å². The highest BCUT2D eigenvalue weighted by Gasteiger charge is 2.43. The zero-order chi connectivity index (χ0) is 48.2. The standard InChI is InChI=1S/C67H58N4/c1-4-67(3)63(50-29-15-8-16-30-50)70-66(60-37-18-17-22-46(60)2)71-64(67)56-36-21-34-54(42-56)52-32-19-31-51(40-52)53-33-20-35-55(41-53)62-39-38-61(49-27-13-7-14-28-49)68-65(69-62)59-44-57(47-23-9-5-10-24-47)43-58(45-59)48-25-11-6-12-26-48/h5-38,40-46,60,64-65,68H,4,39H2,1-3H3. The van der Waals surface area contributed by atoms with Crippen molar-refractivity contribution in [3.05, 3.63) is 271 Å². The van der Waals surface area contributed by atoms with Crippen molar-refractivity contribution in [3.8, 4) is 44.5 Å². The first-order valence-electron chi connectivity index (χ1n) is 25.1. The van der Waals surface area contributed by atoms with Crippen LogP contribution in [0, 0.1) is 17.3 Å². The fourth-order valence-electron chi connectivity index (χ4n) is 10.5. The van der Waals surface area contributed by atoms with Crippen molar-refractivity contribution in [2.24, 2.45) is 32.2 Å². The fourth-order valence-corrected chi connectivity index (χ4v) is 10.5. The van der Waals surface area contributed by atoms with Gasteiger partial charge in [0.25, 0.3) is 0 Å². The summed E-state index contributed by atoms with van der Waals surface area (Å²) < 4.78 is 0. The van der Waals surface area contributed by atoms with Gasteiger partial charge < -0.3 is 5.32 Å². The van der Waals surface area contributed by atoms with Gasteiger partial charge >= 0.3 is 0 Å². The number of nitrogens with zero attached hydrogens (tertiary/aromatic N) is 3. The molecular formula is C67H58N4. The van der Waals surface area contributed by atoms with Gasteiger partial charge in [-0.1, -0.05) is 227 Å². The normalized spacial score (nSPS) is 20.7. The molecule has 4 heteroatoms. The van der Waals surface area contributed by atoms with Gasteiger partial charge in [0.2, 0.25) is 0 Å². The summed E-state index contributed by atoms with van der Waals surface area (Å²) in [6.07, 6.45) is 12.4. The fraction of sp³-hybridized carbons (Fsp3) is 0.149. The summed E-state index contributed by atoms with van der Waals surface area (Å²) in [5.74, 6) is 1.33. The lowest BCUT2D eigenvalue weighted by molar-refractivity contribution is 0.356. The van der Waals surface area contributed by atoms with E-state index in [0.717, 1.165) is 79.4 Å². The molecule has 0 radical (unpaired) electrons. The van der Waals surface area contributed by atoms with E-state index in [1.165, 1.54) is 22.3 Å². The van der Waals surface area contributed by atoms with E-state index in [9.17, 15) is 0 Å². The van der Waals surface area contributed by atoms with Crippen LogP contribution in [0.2, 0.25) is 0 Å². The lowest BCUT2D eigenvalue weighted by atomic mass is 9.69. The molecule has 0 bridgehead atoms. The largest absolute Gasteiger partial charge is 0.360 e. The van der Waals surface area contributed by atoms with Gasteiger partial charge in [-0.2, -0.15) is 0 Å². The third kappa shape index (κ3) is 9.46. The Morgan fingerprint density at radius 3 is 1.55 bits per heavy atom. The minimum Gasteiger partial charge on any atom is -0.360 e. The smallest absolute Gasteiger partial charge is 0.145 e. The number of rotatable bonds is 11. The van der Waals surface area contributed by atoms with Crippen molar-refractivity contribution in [1.82, 2.24) is 5.32 Å². The van der Waals surface area contributed by atoms with Crippen molar-refractivity contribution in [1.29, 1.82) is 0 Å². The predicted octanol–water partition coefficient (Wildman–Crippen LogP) is 16.6. The Morgan fingerprint density at radius 2 is 0.958 bits per heavy atom. The van der Waals surface area contributed by atoms with Crippen LogP contribution in [0.3, 0.4) is 0 Å². The highest BCUT2D eigenvalue weighted by molar-refractivity contribution is 6.13. The summed E-state index contributed by atoms with van der Waals surface area (Å²) in [6, 6.07) is 76.4. The molecule has 5 unspecified atom stereocenters. The topological polar surface area (TPSA) is 49.1 Å². The molecule has 0 saturated carbocycles. The molecule has 3 aliphatic rings. The molecule has 71 heavy (non-hydrogen) atoms. The van der Waals surface area contributed by atoms with Crippen LogP contribution in [0.15, 0.2) is 258 Å². The Hall–Kier alpha value is -8.21. The van der Waals surface area contributed by atoms with E-state index in [-0.39, 0.29) is 23.5 Å². The van der Waals surface area contributed by atoms with Crippen LogP contribution >= 0.6 is 0 Å². The van der Waals surface area contributed by atoms with Crippen molar-refractivity contribution in [2.45, 2.75) is 45.8 Å². The Morgan fingerprint density at radius 1 is 0.479 bits per heavy atom. The van der Waals surface area contributed by atoms with E-state index >= 15 is 0 Å². The van der Waals surface area contributed by atoms with Crippen LogP contribution in [0.25, 0.3) is 50.2 Å². The molecule has 0 fully saturated rings. The van der Waals surface area contributed by atoms with Crippen molar-refractivity contribution < 1.29 is 0 Å². The van der Waals surface area contributed by atoms with Crippen LogP contribution in [0.4, 0.5) is 0 Å². The van der Waals surface area contributed by atoms with E-state index in [1.54, 1.807) is 0 Å². The zero-order valence-corrected chi connectivity index (χ0v) is 40.7. The number of amidine groups is 1. The van der Waals surface area contributed by atoms with E-state index in [2.05, 4.69) is 269 Å². The van der Waals surface area contributed by atoms with Crippen LogP contribution in [0.1, 0.15) is 73.6 Å². The van der Waals surface area contributed by atoms with Crippen molar-refractivity contribution >= 4 is 23.0 Å². The second kappa shape index (κ2) is 20.0. The quantitative estimate of drug-likeness (QED) is 0.138. The first kappa shape index (κ1) is 45.2. The second-order valence-electron chi connectivity index (χ2n) is 19.3. The second-order valence-corrected chi connectivity index (χ2v) is 19.3. The summed E-state index contributed by atoms with van der Waals surface area (Å²) in [7, 11) is 0. The number of allylic oxidation sites excluding steroid dienone is 4. The molecule has 1 N–H and O–H groups in total. The maximum absolute atomic E-state index is 5.63. The average molecular weight is 919 g/mol. The molecule has 0 aromatic heterocycles. The number of hydrogen-bond acceptors (Lipinski definition) is 4. The Bertz CT molecular complexity index is 3320. The molecule has 4 nitrogen and oxygen atoms in total. The van der Waals surface area contributed by atoms with Crippen LogP contribution in [-0.2, 0) is 0 Å². The molecule has 11 rings (SSSR count). The third-order valence-electron chi connectivity index (χ3n) is 14.7. The van der Waals surface area contributed by atoms with Gasteiger partial charge in [-0.25, -0.2) is 4.99 Å². The number of benzene rings is 8. The SMILES string of the molecule is CCC1(C)C(c2ccccc2)=NC(C2C=CC=CC2C)=NC1c1cccc(-c2cccc(-c3cccc(C4=NC(c5cc(-c6ccccc6)cc(-c6ccccc6)c5)NC(c5ccccc5)=CC4)c3)c2)c1. The van der Waals surface area contributed by atoms with Crippen molar-refractivity contribution in [3.63, 3.8) is 0 Å². The minimum atomic E-state index is -0.335. The van der Waals surface area contributed by atoms with Gasteiger partial charge in [-0.05, 0) is 121 Å². The number of hydrogen-bond donors (Lipinski definition) is 1. The molecular weight excluding hydrogens is 861 g/mol. The van der Waals surface area contributed by atoms with Gasteiger partial charge in [-0.3, -0.25) is 9.98 Å². The maximum atomic E-state index is 5.63. The van der Waals surface area contributed by atoms with Gasteiger partial charge in [0, 0.05) is 29.2 Å². The first-order chi connectivity index (χ1) is 34.9. The predicted molar refractivity (Wildman–Crippen MR) is 299 cm³/mol. The third-order valence-corrected chi connectivity index (χ3v) is 14.7. The van der Waals surface area contributed by atoms with Gasteiger partial charge in [0.05, 0.1) is 11.8 Å². The van der Waals surface area contributed by atoms with Crippen LogP contribution < -0.4 is 5.32 Å². The van der Waals surface area contributed by atoms with E-state index in [4.69, 9.17) is 15.0 Å². The maximum Gasteiger partial charge on any atom is 0.145 e. The Kier molecular flexibility index (Phi) is 12.8. The lowest BCUT2D eigenvalue weighted by Crippen LogP contribution is -2.39. The summed E-state index contributed by atoms with van der Waals surface area (Å²) in [5.41, 5.74) is 17.9. The molecule has 0 amide bonds. The molecule has 8 aromatic carbocycles. The molecule has 1 aliphatic carbocycles.